The van der Waals surface area contributed by atoms with Crippen LogP contribution < -0.4 is 9.80 Å². The van der Waals surface area contributed by atoms with E-state index >= 15 is 4.79 Å². The van der Waals surface area contributed by atoms with E-state index in [1.165, 1.54) is 306 Å². The largest absolute Gasteiger partial charge is 0.328 e. The molecule has 0 aliphatic carbocycles. The fourth-order valence-corrected chi connectivity index (χ4v) is 11.1. The Labute approximate surface area is 451 Å². The van der Waals surface area contributed by atoms with Gasteiger partial charge in [0, 0.05) is 24.5 Å². The maximum atomic E-state index is 15.0. The van der Waals surface area contributed by atoms with Crippen molar-refractivity contribution in [2.45, 2.75) is 349 Å². The number of carbonyl (C=O) groups excluding carboxylic acids is 1. The average Bonchev–Trinajstić information content (AvgIpc) is 3.40. The minimum atomic E-state index is 0.164. The molecule has 3 nitrogen and oxygen atoms in total. The highest BCUT2D eigenvalue weighted by Gasteiger charge is 2.24. The maximum Gasteiger partial charge on any atom is 0.328 e. The standard InChI is InChI=1S/C69H124N2O/c1-5-9-13-17-19-21-23-25-27-29-31-33-35-37-39-41-43-45-47-51-63-70(67-59-55-65(56-60-67)53-49-15-11-7-3)69(72)71(68-61-57-66(58-62-68)54-50-16-12-8-4)64-52-48-46-44-42-40-38-36-34-32-30-28-26-24-22-20-18-14-10-6-2/h55-62H,5-54,63-64H2,1-4H3. The van der Waals surface area contributed by atoms with Gasteiger partial charge < -0.3 is 0 Å². The van der Waals surface area contributed by atoms with Crippen molar-refractivity contribution < 1.29 is 4.79 Å². The number of carbonyl (C=O) groups is 1. The molecule has 416 valence electrons. The number of unbranched alkanes of at least 4 members (excludes halogenated alkanes) is 44. The van der Waals surface area contributed by atoms with Crippen LogP contribution in [0.4, 0.5) is 16.2 Å². The van der Waals surface area contributed by atoms with E-state index in [0.29, 0.717) is 0 Å². The van der Waals surface area contributed by atoms with E-state index in [4.69, 9.17) is 0 Å². The quantitative estimate of drug-likeness (QED) is 0.0606. The van der Waals surface area contributed by atoms with E-state index in [9.17, 15) is 0 Å². The average molecular weight is 998 g/mol. The van der Waals surface area contributed by atoms with Crippen LogP contribution in [0.2, 0.25) is 0 Å². The highest BCUT2D eigenvalue weighted by molar-refractivity contribution is 6.03. The molecule has 72 heavy (non-hydrogen) atoms. The van der Waals surface area contributed by atoms with Crippen molar-refractivity contribution in [3.05, 3.63) is 59.7 Å². The monoisotopic (exact) mass is 997 g/mol. The van der Waals surface area contributed by atoms with E-state index in [1.807, 2.05) is 0 Å². The van der Waals surface area contributed by atoms with Crippen LogP contribution in [-0.2, 0) is 12.8 Å². The molecule has 0 spiro atoms. The second-order valence-corrected chi connectivity index (χ2v) is 23.0. The number of nitrogens with zero attached hydrogens (tertiary/aromatic N) is 2. The summed E-state index contributed by atoms with van der Waals surface area (Å²) in [6.07, 6.45) is 68.0. The summed E-state index contributed by atoms with van der Waals surface area (Å²) in [6.45, 7) is 10.8. The lowest BCUT2D eigenvalue weighted by atomic mass is 10.0. The first-order valence-corrected chi connectivity index (χ1v) is 32.9. The Morgan fingerprint density at radius 3 is 0.639 bits per heavy atom. The summed E-state index contributed by atoms with van der Waals surface area (Å²) in [4.78, 5) is 19.3. The lowest BCUT2D eigenvalue weighted by Crippen LogP contribution is -2.44. The fourth-order valence-electron chi connectivity index (χ4n) is 11.1. The van der Waals surface area contributed by atoms with Crippen LogP contribution in [0.25, 0.3) is 0 Å². The van der Waals surface area contributed by atoms with E-state index in [0.717, 1.165) is 50.1 Å². The molecule has 0 N–H and O–H groups in total. The zero-order valence-electron chi connectivity index (χ0n) is 49.2. The van der Waals surface area contributed by atoms with E-state index in [1.54, 1.807) is 0 Å². The highest BCUT2D eigenvalue weighted by atomic mass is 16.2. The molecule has 2 aromatic carbocycles. The molecule has 0 unspecified atom stereocenters. The molecular formula is C69H124N2O. The van der Waals surface area contributed by atoms with Gasteiger partial charge in [-0.05, 0) is 73.9 Å². The van der Waals surface area contributed by atoms with Crippen LogP contribution in [0.3, 0.4) is 0 Å². The zero-order valence-corrected chi connectivity index (χ0v) is 49.2. The molecule has 0 saturated heterocycles. The molecule has 2 amide bonds. The van der Waals surface area contributed by atoms with E-state index in [2.05, 4.69) is 86.0 Å². The van der Waals surface area contributed by atoms with Crippen LogP contribution in [0.1, 0.15) is 347 Å². The summed E-state index contributed by atoms with van der Waals surface area (Å²) in [7, 11) is 0. The summed E-state index contributed by atoms with van der Waals surface area (Å²) < 4.78 is 0. The summed E-state index contributed by atoms with van der Waals surface area (Å²) >= 11 is 0. The van der Waals surface area contributed by atoms with Crippen molar-refractivity contribution in [2.75, 3.05) is 22.9 Å². The molecule has 0 aliphatic rings. The third kappa shape index (κ3) is 37.4. The number of hydrogen-bond acceptors (Lipinski definition) is 1. The van der Waals surface area contributed by atoms with Gasteiger partial charge in [-0.2, -0.15) is 0 Å². The van der Waals surface area contributed by atoms with Crippen LogP contribution in [-0.4, -0.2) is 19.1 Å². The molecule has 0 saturated carbocycles. The van der Waals surface area contributed by atoms with Crippen LogP contribution >= 0.6 is 0 Å². The van der Waals surface area contributed by atoms with E-state index in [-0.39, 0.29) is 6.03 Å². The first kappa shape index (κ1) is 65.8. The second-order valence-electron chi connectivity index (χ2n) is 23.0. The van der Waals surface area contributed by atoms with E-state index < -0.39 is 0 Å². The molecule has 0 atom stereocenters. The summed E-state index contributed by atoms with van der Waals surface area (Å²) in [5, 5.41) is 0. The number of aryl methyl sites for hydroxylation is 2. The van der Waals surface area contributed by atoms with Gasteiger partial charge in [0.2, 0.25) is 0 Å². The molecule has 0 heterocycles. The Kier molecular flexibility index (Phi) is 46.5. The Bertz CT molecular complexity index is 1300. The summed E-state index contributed by atoms with van der Waals surface area (Å²) in [6, 6.07) is 18.4. The topological polar surface area (TPSA) is 23.6 Å². The van der Waals surface area contributed by atoms with Gasteiger partial charge in [0.05, 0.1) is 0 Å². The zero-order chi connectivity index (χ0) is 51.5. The maximum absolute atomic E-state index is 15.0. The number of benzene rings is 2. The molecule has 0 fully saturated rings. The molecule has 0 radical (unpaired) electrons. The predicted molar refractivity (Wildman–Crippen MR) is 325 cm³/mol. The molecule has 3 heteroatoms. The Balaban J connectivity index is 1.85. The minimum Gasteiger partial charge on any atom is -0.294 e. The van der Waals surface area contributed by atoms with Crippen molar-refractivity contribution in [1.82, 2.24) is 0 Å². The van der Waals surface area contributed by atoms with Gasteiger partial charge in [-0.1, -0.05) is 334 Å². The van der Waals surface area contributed by atoms with Crippen molar-refractivity contribution in [3.8, 4) is 0 Å². The Morgan fingerprint density at radius 2 is 0.431 bits per heavy atom. The lowest BCUT2D eigenvalue weighted by Gasteiger charge is -2.31. The van der Waals surface area contributed by atoms with Gasteiger partial charge in [-0.15, -0.1) is 0 Å². The number of anilines is 2. The van der Waals surface area contributed by atoms with Crippen molar-refractivity contribution in [2.24, 2.45) is 0 Å². The Hall–Kier alpha value is -2.29. The highest BCUT2D eigenvalue weighted by Crippen LogP contribution is 2.26. The first-order valence-electron chi connectivity index (χ1n) is 32.9. The SMILES string of the molecule is CCCCCCCCCCCCCCCCCCCCCCN(C(=O)N(CCCCCCCCCCCCCCCCCCCCCC)c1ccc(CCCCCC)cc1)c1ccc(CCCCCC)cc1. The molecule has 0 aromatic heterocycles. The summed E-state index contributed by atoms with van der Waals surface area (Å²) in [5.74, 6) is 0. The van der Waals surface area contributed by atoms with Crippen molar-refractivity contribution >= 4 is 17.4 Å². The fraction of sp³-hybridized carbons (Fsp3) is 0.812. The van der Waals surface area contributed by atoms with Gasteiger partial charge >= 0.3 is 6.03 Å². The number of hydrogen-bond donors (Lipinski definition) is 0. The van der Waals surface area contributed by atoms with Gasteiger partial charge in [0.1, 0.15) is 0 Å². The van der Waals surface area contributed by atoms with Gasteiger partial charge in [-0.25, -0.2) is 4.79 Å². The lowest BCUT2D eigenvalue weighted by molar-refractivity contribution is 0.251. The number of urea groups is 1. The van der Waals surface area contributed by atoms with Gasteiger partial charge in [0.15, 0.2) is 0 Å². The first-order chi connectivity index (χ1) is 35.6. The molecular weight excluding hydrogens is 873 g/mol. The van der Waals surface area contributed by atoms with Crippen molar-refractivity contribution in [1.29, 1.82) is 0 Å². The smallest absolute Gasteiger partial charge is 0.294 e. The normalized spacial score (nSPS) is 11.5. The number of rotatable bonds is 54. The summed E-state index contributed by atoms with van der Waals surface area (Å²) in [5.41, 5.74) is 4.93. The number of amides is 2. The van der Waals surface area contributed by atoms with Crippen LogP contribution in [0.5, 0.6) is 0 Å². The van der Waals surface area contributed by atoms with Gasteiger partial charge in [0.25, 0.3) is 0 Å². The molecule has 0 aliphatic heterocycles. The molecule has 2 rings (SSSR count). The third-order valence-corrected chi connectivity index (χ3v) is 16.1. The van der Waals surface area contributed by atoms with Crippen LogP contribution in [0, 0.1) is 0 Å². The minimum absolute atomic E-state index is 0.164. The third-order valence-electron chi connectivity index (χ3n) is 16.1. The Morgan fingerprint density at radius 1 is 0.250 bits per heavy atom. The molecule has 0 bridgehead atoms. The van der Waals surface area contributed by atoms with Gasteiger partial charge in [-0.3, -0.25) is 9.80 Å². The van der Waals surface area contributed by atoms with Crippen LogP contribution in [0.15, 0.2) is 48.5 Å². The molecule has 2 aromatic rings. The van der Waals surface area contributed by atoms with Crippen molar-refractivity contribution in [3.63, 3.8) is 0 Å². The predicted octanol–water partition coefficient (Wildman–Crippen LogP) is 24.0. The second kappa shape index (κ2) is 50.8.